The van der Waals surface area contributed by atoms with Crippen LogP contribution in [-0.2, 0) is 0 Å². The van der Waals surface area contributed by atoms with Gasteiger partial charge in [-0.25, -0.2) is 0 Å². The van der Waals surface area contributed by atoms with Gasteiger partial charge < -0.3 is 15.0 Å². The molecule has 0 aromatic heterocycles. The number of hydrogen-bond acceptors (Lipinski definition) is 4. The maximum Gasteiger partial charge on any atom is 0.166 e. The summed E-state index contributed by atoms with van der Waals surface area (Å²) >= 11 is 0. The summed E-state index contributed by atoms with van der Waals surface area (Å²) in [6.07, 6.45) is 0.151. The maximum absolute atomic E-state index is 12.5. The van der Waals surface area contributed by atoms with Crippen LogP contribution in [0.15, 0.2) is 24.3 Å². The van der Waals surface area contributed by atoms with Crippen molar-refractivity contribution in [2.75, 3.05) is 32.7 Å². The summed E-state index contributed by atoms with van der Waals surface area (Å²) in [5.74, 6) is 1.06. The SMILES string of the molecule is CC(C)Oc1ccc(C(=O)C(C)CN2CCNCC2)cc1. The van der Waals surface area contributed by atoms with Crippen LogP contribution < -0.4 is 10.1 Å². The van der Waals surface area contributed by atoms with Gasteiger partial charge in [-0.2, -0.15) is 0 Å². The topological polar surface area (TPSA) is 41.6 Å². The second-order valence-electron chi connectivity index (χ2n) is 6.01. The average molecular weight is 290 g/mol. The van der Waals surface area contributed by atoms with Crippen molar-refractivity contribution >= 4 is 5.78 Å². The number of carbonyl (C=O) groups excluding carboxylic acids is 1. The lowest BCUT2D eigenvalue weighted by molar-refractivity contribution is 0.0887. The summed E-state index contributed by atoms with van der Waals surface area (Å²) in [4.78, 5) is 14.8. The molecular weight excluding hydrogens is 264 g/mol. The van der Waals surface area contributed by atoms with Crippen molar-refractivity contribution in [2.24, 2.45) is 5.92 Å². The molecule has 1 aromatic carbocycles. The molecule has 0 bridgehead atoms. The Morgan fingerprint density at radius 2 is 1.81 bits per heavy atom. The number of carbonyl (C=O) groups is 1. The normalized spacial score (nSPS) is 17.7. The fourth-order valence-corrected chi connectivity index (χ4v) is 2.62. The van der Waals surface area contributed by atoms with Gasteiger partial charge in [0.15, 0.2) is 5.78 Å². The van der Waals surface area contributed by atoms with Gasteiger partial charge in [0, 0.05) is 44.2 Å². The third-order valence-electron chi connectivity index (χ3n) is 3.70. The van der Waals surface area contributed by atoms with Crippen LogP contribution in [0.4, 0.5) is 0 Å². The molecule has 116 valence electrons. The molecule has 1 aliphatic rings. The second-order valence-corrected chi connectivity index (χ2v) is 6.01. The van der Waals surface area contributed by atoms with Crippen molar-refractivity contribution in [1.82, 2.24) is 10.2 Å². The van der Waals surface area contributed by atoms with Gasteiger partial charge in [-0.1, -0.05) is 6.92 Å². The third kappa shape index (κ3) is 4.83. The molecule has 1 unspecified atom stereocenters. The molecule has 1 fully saturated rings. The van der Waals surface area contributed by atoms with Gasteiger partial charge in [-0.05, 0) is 38.1 Å². The van der Waals surface area contributed by atoms with E-state index in [9.17, 15) is 4.79 Å². The standard InChI is InChI=1S/C17H26N2O2/c1-13(2)21-16-6-4-15(5-7-16)17(20)14(3)12-19-10-8-18-9-11-19/h4-7,13-14,18H,8-12H2,1-3H3. The minimum Gasteiger partial charge on any atom is -0.491 e. The Kier molecular flexibility index (Phi) is 5.76. The monoisotopic (exact) mass is 290 g/mol. The first-order valence-electron chi connectivity index (χ1n) is 7.80. The van der Waals surface area contributed by atoms with E-state index in [0.29, 0.717) is 0 Å². The van der Waals surface area contributed by atoms with Crippen LogP contribution in [0.1, 0.15) is 31.1 Å². The number of nitrogens with one attached hydrogen (secondary N) is 1. The van der Waals surface area contributed by atoms with Crippen LogP contribution in [0.3, 0.4) is 0 Å². The van der Waals surface area contributed by atoms with Gasteiger partial charge >= 0.3 is 0 Å². The maximum atomic E-state index is 12.5. The molecule has 0 aliphatic carbocycles. The lowest BCUT2D eigenvalue weighted by Gasteiger charge is -2.29. The van der Waals surface area contributed by atoms with E-state index < -0.39 is 0 Å². The Morgan fingerprint density at radius 3 is 2.38 bits per heavy atom. The summed E-state index contributed by atoms with van der Waals surface area (Å²) in [5.41, 5.74) is 0.772. The van der Waals surface area contributed by atoms with Crippen molar-refractivity contribution in [2.45, 2.75) is 26.9 Å². The lowest BCUT2D eigenvalue weighted by Crippen LogP contribution is -2.45. The van der Waals surface area contributed by atoms with E-state index in [-0.39, 0.29) is 17.8 Å². The van der Waals surface area contributed by atoms with E-state index in [4.69, 9.17) is 4.74 Å². The highest BCUT2D eigenvalue weighted by atomic mass is 16.5. The summed E-state index contributed by atoms with van der Waals surface area (Å²) in [6, 6.07) is 7.50. The smallest absolute Gasteiger partial charge is 0.166 e. The largest absolute Gasteiger partial charge is 0.491 e. The van der Waals surface area contributed by atoms with Crippen molar-refractivity contribution in [3.8, 4) is 5.75 Å². The summed E-state index contributed by atoms with van der Waals surface area (Å²) in [6.45, 7) is 10.9. The van der Waals surface area contributed by atoms with Crippen LogP contribution in [0.2, 0.25) is 0 Å². The molecule has 21 heavy (non-hydrogen) atoms. The number of hydrogen-bond donors (Lipinski definition) is 1. The van der Waals surface area contributed by atoms with E-state index in [1.807, 2.05) is 45.0 Å². The molecule has 1 saturated heterocycles. The lowest BCUT2D eigenvalue weighted by atomic mass is 9.98. The molecule has 1 N–H and O–H groups in total. The van der Waals surface area contributed by atoms with Gasteiger partial charge in [0.2, 0.25) is 0 Å². The molecule has 4 nitrogen and oxygen atoms in total. The first kappa shape index (κ1) is 16.0. The fraction of sp³-hybridized carbons (Fsp3) is 0.588. The second kappa shape index (κ2) is 7.57. The summed E-state index contributed by atoms with van der Waals surface area (Å²) in [5, 5.41) is 3.33. The van der Waals surface area contributed by atoms with Crippen molar-refractivity contribution in [3.05, 3.63) is 29.8 Å². The number of ether oxygens (including phenoxy) is 1. The summed E-state index contributed by atoms with van der Waals surface area (Å²) < 4.78 is 5.60. The first-order chi connectivity index (χ1) is 10.1. The zero-order valence-electron chi connectivity index (χ0n) is 13.3. The quantitative estimate of drug-likeness (QED) is 0.816. The predicted octanol–water partition coefficient (Wildman–Crippen LogP) is 2.20. The minimum absolute atomic E-state index is 0.0277. The van der Waals surface area contributed by atoms with E-state index in [2.05, 4.69) is 10.2 Å². The van der Waals surface area contributed by atoms with E-state index in [0.717, 1.165) is 44.0 Å². The minimum atomic E-state index is 0.0277. The third-order valence-corrected chi connectivity index (χ3v) is 3.70. The van der Waals surface area contributed by atoms with Gasteiger partial charge in [0.25, 0.3) is 0 Å². The molecule has 0 amide bonds. The fourth-order valence-electron chi connectivity index (χ4n) is 2.62. The average Bonchev–Trinajstić information content (AvgIpc) is 2.47. The molecule has 4 heteroatoms. The number of ketones is 1. The van der Waals surface area contributed by atoms with E-state index in [1.165, 1.54) is 0 Å². The van der Waals surface area contributed by atoms with Gasteiger partial charge in [-0.3, -0.25) is 4.79 Å². The molecule has 0 saturated carbocycles. The van der Waals surface area contributed by atoms with Crippen LogP contribution in [0.25, 0.3) is 0 Å². The Labute approximate surface area is 127 Å². The molecule has 1 atom stereocenters. The highest BCUT2D eigenvalue weighted by molar-refractivity contribution is 5.97. The Morgan fingerprint density at radius 1 is 1.19 bits per heavy atom. The Hall–Kier alpha value is -1.39. The number of Topliss-reactive ketones (excluding diaryl/α,β-unsaturated/α-hetero) is 1. The number of rotatable bonds is 6. The predicted molar refractivity (Wildman–Crippen MR) is 85.0 cm³/mol. The molecular formula is C17H26N2O2. The molecule has 0 radical (unpaired) electrons. The van der Waals surface area contributed by atoms with Crippen LogP contribution in [0.5, 0.6) is 5.75 Å². The number of piperazine rings is 1. The van der Waals surface area contributed by atoms with Crippen LogP contribution in [-0.4, -0.2) is 49.5 Å². The molecule has 2 rings (SSSR count). The molecule has 0 spiro atoms. The summed E-state index contributed by atoms with van der Waals surface area (Å²) in [7, 11) is 0. The molecule has 1 aromatic rings. The molecule has 1 aliphatic heterocycles. The van der Waals surface area contributed by atoms with Crippen LogP contribution in [0, 0.1) is 5.92 Å². The van der Waals surface area contributed by atoms with Gasteiger partial charge in [0.1, 0.15) is 5.75 Å². The highest BCUT2D eigenvalue weighted by Crippen LogP contribution is 2.17. The Balaban J connectivity index is 1.91. The zero-order valence-corrected chi connectivity index (χ0v) is 13.3. The zero-order chi connectivity index (χ0) is 15.2. The number of nitrogens with zero attached hydrogens (tertiary/aromatic N) is 1. The van der Waals surface area contributed by atoms with Gasteiger partial charge in [-0.15, -0.1) is 0 Å². The first-order valence-corrected chi connectivity index (χ1v) is 7.80. The van der Waals surface area contributed by atoms with Crippen LogP contribution >= 0.6 is 0 Å². The van der Waals surface area contributed by atoms with E-state index in [1.54, 1.807) is 0 Å². The van der Waals surface area contributed by atoms with Crippen molar-refractivity contribution in [3.63, 3.8) is 0 Å². The van der Waals surface area contributed by atoms with Gasteiger partial charge in [0.05, 0.1) is 6.10 Å². The molecule has 1 heterocycles. The highest BCUT2D eigenvalue weighted by Gasteiger charge is 2.19. The van der Waals surface area contributed by atoms with E-state index >= 15 is 0 Å². The van der Waals surface area contributed by atoms with Crippen molar-refractivity contribution in [1.29, 1.82) is 0 Å². The number of benzene rings is 1. The van der Waals surface area contributed by atoms with Crippen molar-refractivity contribution < 1.29 is 9.53 Å². The Bertz CT molecular complexity index is 450.